The number of carbonyl (C=O) groups excluding carboxylic acids is 1. The molecule has 0 aliphatic carbocycles. The Balaban J connectivity index is 1.85. The molecule has 2 aromatic rings. The van der Waals surface area contributed by atoms with E-state index < -0.39 is 0 Å². The van der Waals surface area contributed by atoms with E-state index in [1.54, 1.807) is 30.3 Å². The molecule has 22 heavy (non-hydrogen) atoms. The van der Waals surface area contributed by atoms with Crippen molar-refractivity contribution in [3.8, 4) is 5.75 Å². The van der Waals surface area contributed by atoms with Crippen molar-refractivity contribution in [1.82, 2.24) is 0 Å². The van der Waals surface area contributed by atoms with Gasteiger partial charge in [0, 0.05) is 21.1 Å². The largest absolute Gasteiger partial charge is 0.506 e. The highest BCUT2D eigenvalue weighted by atomic mass is 35.5. The summed E-state index contributed by atoms with van der Waals surface area (Å²) in [6, 6.07) is 9.89. The number of fused-ring (bicyclic) bond motifs is 1. The number of halogens is 2. The van der Waals surface area contributed by atoms with E-state index >= 15 is 0 Å². The lowest BCUT2D eigenvalue weighted by atomic mass is 10.3. The van der Waals surface area contributed by atoms with Gasteiger partial charge in [-0.15, -0.1) is 0 Å². The summed E-state index contributed by atoms with van der Waals surface area (Å²) in [6.07, 6.45) is 1.52. The van der Waals surface area contributed by atoms with Gasteiger partial charge in [-0.05, 0) is 36.4 Å². The number of rotatable bonds is 2. The number of amides is 1. The Hall–Kier alpha value is -1.82. The summed E-state index contributed by atoms with van der Waals surface area (Å²) < 4.78 is 0. The molecule has 1 aliphatic heterocycles. The van der Waals surface area contributed by atoms with Crippen LogP contribution in [0.25, 0.3) is 0 Å². The van der Waals surface area contributed by atoms with E-state index in [-0.39, 0.29) is 11.7 Å². The van der Waals surface area contributed by atoms with Crippen LogP contribution in [0.2, 0.25) is 10.0 Å². The molecule has 0 fully saturated rings. The van der Waals surface area contributed by atoms with Crippen LogP contribution in [-0.4, -0.2) is 11.0 Å². The number of phenolic OH excluding ortho intramolecular Hbond substituents is 1. The monoisotopic (exact) mass is 352 g/mol. The minimum absolute atomic E-state index is 0.0471. The first kappa shape index (κ1) is 15.1. The van der Waals surface area contributed by atoms with Crippen LogP contribution in [-0.2, 0) is 4.79 Å². The van der Waals surface area contributed by atoms with Gasteiger partial charge in [0.1, 0.15) is 5.75 Å². The smallest absolute Gasteiger partial charge is 0.263 e. The average Bonchev–Trinajstić information content (AvgIpc) is 2.48. The molecule has 3 rings (SSSR count). The highest BCUT2D eigenvalue weighted by molar-refractivity contribution is 8.04. The van der Waals surface area contributed by atoms with Crippen molar-refractivity contribution in [3.63, 3.8) is 0 Å². The predicted molar refractivity (Wildman–Crippen MR) is 90.8 cm³/mol. The molecule has 0 saturated carbocycles. The molecule has 1 amide bonds. The SMILES string of the molecule is O=C1Nc2ccc(Cl)cc2SC1=CNc1cc(Cl)ccc1O. The van der Waals surface area contributed by atoms with Gasteiger partial charge < -0.3 is 15.7 Å². The molecule has 0 atom stereocenters. The Morgan fingerprint density at radius 3 is 2.68 bits per heavy atom. The summed E-state index contributed by atoms with van der Waals surface area (Å²) >= 11 is 13.1. The maximum Gasteiger partial charge on any atom is 0.263 e. The minimum atomic E-state index is -0.228. The Morgan fingerprint density at radius 2 is 1.86 bits per heavy atom. The molecule has 0 saturated heterocycles. The zero-order valence-electron chi connectivity index (χ0n) is 11.1. The first-order valence-electron chi connectivity index (χ1n) is 6.27. The standard InChI is InChI=1S/C15H10Cl2N2O2S/c16-8-2-4-12(20)11(5-8)18-7-14-15(21)19-10-3-1-9(17)6-13(10)22-14/h1-7,18,20H,(H,19,21). The van der Waals surface area contributed by atoms with Gasteiger partial charge in [0.15, 0.2) is 0 Å². The van der Waals surface area contributed by atoms with E-state index in [4.69, 9.17) is 23.2 Å². The van der Waals surface area contributed by atoms with E-state index in [0.717, 1.165) is 10.6 Å². The summed E-state index contributed by atoms with van der Waals surface area (Å²) in [5, 5.41) is 16.5. The van der Waals surface area contributed by atoms with Gasteiger partial charge in [0.25, 0.3) is 5.91 Å². The van der Waals surface area contributed by atoms with Crippen molar-refractivity contribution >= 4 is 52.2 Å². The zero-order chi connectivity index (χ0) is 15.7. The van der Waals surface area contributed by atoms with Crippen molar-refractivity contribution in [2.24, 2.45) is 0 Å². The lowest BCUT2D eigenvalue weighted by molar-refractivity contribution is -0.112. The van der Waals surface area contributed by atoms with E-state index in [2.05, 4.69) is 10.6 Å². The average molecular weight is 353 g/mol. The van der Waals surface area contributed by atoms with Gasteiger partial charge in [-0.2, -0.15) is 0 Å². The van der Waals surface area contributed by atoms with Gasteiger partial charge >= 0.3 is 0 Å². The number of benzene rings is 2. The van der Waals surface area contributed by atoms with E-state index in [1.807, 2.05) is 0 Å². The Labute approximate surface area is 141 Å². The van der Waals surface area contributed by atoms with Crippen LogP contribution in [0.15, 0.2) is 52.4 Å². The second kappa shape index (κ2) is 6.12. The number of hydrogen-bond donors (Lipinski definition) is 3. The van der Waals surface area contributed by atoms with Crippen LogP contribution in [0.3, 0.4) is 0 Å². The summed E-state index contributed by atoms with van der Waals surface area (Å²) in [7, 11) is 0. The highest BCUT2D eigenvalue weighted by Gasteiger charge is 2.21. The maximum atomic E-state index is 12.1. The first-order valence-corrected chi connectivity index (χ1v) is 7.84. The molecule has 0 unspecified atom stereocenters. The van der Waals surface area contributed by atoms with Crippen LogP contribution in [0.4, 0.5) is 11.4 Å². The summed E-state index contributed by atoms with van der Waals surface area (Å²) in [6.45, 7) is 0. The van der Waals surface area contributed by atoms with E-state index in [1.165, 1.54) is 24.0 Å². The van der Waals surface area contributed by atoms with Gasteiger partial charge in [0.05, 0.1) is 16.3 Å². The van der Waals surface area contributed by atoms with Gasteiger partial charge in [-0.1, -0.05) is 35.0 Å². The van der Waals surface area contributed by atoms with E-state index in [0.29, 0.717) is 20.6 Å². The molecule has 0 spiro atoms. The third-order valence-electron chi connectivity index (χ3n) is 2.95. The lowest BCUT2D eigenvalue weighted by Gasteiger charge is -2.18. The normalized spacial score (nSPS) is 15.4. The number of carbonyl (C=O) groups is 1. The second-order valence-electron chi connectivity index (χ2n) is 4.51. The van der Waals surface area contributed by atoms with Crippen LogP contribution in [0, 0.1) is 0 Å². The lowest BCUT2D eigenvalue weighted by Crippen LogP contribution is -2.18. The molecular weight excluding hydrogens is 343 g/mol. The Morgan fingerprint density at radius 1 is 1.14 bits per heavy atom. The minimum Gasteiger partial charge on any atom is -0.506 e. The van der Waals surface area contributed by atoms with Crippen molar-refractivity contribution < 1.29 is 9.90 Å². The number of anilines is 2. The van der Waals surface area contributed by atoms with Gasteiger partial charge in [0.2, 0.25) is 0 Å². The van der Waals surface area contributed by atoms with Gasteiger partial charge in [-0.3, -0.25) is 4.79 Å². The third kappa shape index (κ3) is 3.16. The van der Waals surface area contributed by atoms with Crippen LogP contribution < -0.4 is 10.6 Å². The highest BCUT2D eigenvalue weighted by Crippen LogP contribution is 2.39. The predicted octanol–water partition coefficient (Wildman–Crippen LogP) is 4.70. The summed E-state index contributed by atoms with van der Waals surface area (Å²) in [5.41, 5.74) is 1.15. The fourth-order valence-corrected chi connectivity index (χ4v) is 3.22. The molecule has 1 heterocycles. The Bertz CT molecular complexity index is 793. The van der Waals surface area contributed by atoms with Crippen LogP contribution in [0.5, 0.6) is 5.75 Å². The number of phenols is 1. The van der Waals surface area contributed by atoms with Crippen molar-refractivity contribution in [2.75, 3.05) is 10.6 Å². The molecule has 112 valence electrons. The molecule has 2 aromatic carbocycles. The van der Waals surface area contributed by atoms with Gasteiger partial charge in [-0.25, -0.2) is 0 Å². The Kier molecular flexibility index (Phi) is 4.20. The summed E-state index contributed by atoms with van der Waals surface area (Å²) in [5.74, 6) is -0.181. The van der Waals surface area contributed by atoms with Crippen LogP contribution in [0.1, 0.15) is 0 Å². The third-order valence-corrected chi connectivity index (χ3v) is 4.50. The fourth-order valence-electron chi connectivity index (χ4n) is 1.89. The molecule has 4 nitrogen and oxygen atoms in total. The molecule has 0 aromatic heterocycles. The van der Waals surface area contributed by atoms with Crippen molar-refractivity contribution in [3.05, 3.63) is 57.5 Å². The first-order chi connectivity index (χ1) is 10.5. The quantitative estimate of drug-likeness (QED) is 0.541. The molecule has 0 radical (unpaired) electrons. The van der Waals surface area contributed by atoms with E-state index in [9.17, 15) is 9.90 Å². The van der Waals surface area contributed by atoms with Crippen molar-refractivity contribution in [1.29, 1.82) is 0 Å². The van der Waals surface area contributed by atoms with Crippen molar-refractivity contribution in [2.45, 2.75) is 4.90 Å². The number of thioether (sulfide) groups is 1. The molecule has 3 N–H and O–H groups in total. The second-order valence-corrected chi connectivity index (χ2v) is 6.47. The number of nitrogens with one attached hydrogen (secondary N) is 2. The van der Waals surface area contributed by atoms with Crippen LogP contribution >= 0.6 is 35.0 Å². The zero-order valence-corrected chi connectivity index (χ0v) is 13.4. The topological polar surface area (TPSA) is 61.4 Å². The number of aromatic hydroxyl groups is 1. The maximum absolute atomic E-state index is 12.1. The molecule has 7 heteroatoms. The number of hydrogen-bond acceptors (Lipinski definition) is 4. The molecule has 1 aliphatic rings. The summed E-state index contributed by atoms with van der Waals surface area (Å²) in [4.78, 5) is 13.4. The fraction of sp³-hybridized carbons (Fsp3) is 0. The molecular formula is C15H10Cl2N2O2S. The molecule has 0 bridgehead atoms.